The number of sulfonamides is 1. The first-order chi connectivity index (χ1) is 17.8. The van der Waals surface area contributed by atoms with Crippen LogP contribution in [0.15, 0.2) is 41.3 Å². The van der Waals surface area contributed by atoms with Crippen LogP contribution < -0.4 is 9.64 Å². The minimum Gasteiger partial charge on any atom is -0.497 e. The standard InChI is InChI=1S/C26H30ClN3O5S2/c1-17-22(27)9-10-23-24(17)28-26(36-23)30(16-20-4-3-15-35-20)25(31)18-11-13-29(14-12-18)37(32,33)21-7-5-19(34-2)6-8-21/h5-10,18,20H,3-4,11-16H2,1-2H3. The number of rotatable bonds is 7. The zero-order valence-corrected chi connectivity index (χ0v) is 23.2. The molecule has 0 spiro atoms. The molecule has 5 rings (SSSR count). The summed E-state index contributed by atoms with van der Waals surface area (Å²) in [6, 6.07) is 10.2. The van der Waals surface area contributed by atoms with Crippen molar-refractivity contribution in [2.45, 2.75) is 43.6 Å². The average molecular weight is 564 g/mol. The van der Waals surface area contributed by atoms with Gasteiger partial charge in [-0.3, -0.25) is 9.69 Å². The zero-order chi connectivity index (χ0) is 26.2. The Labute approximate surface area is 226 Å². The summed E-state index contributed by atoms with van der Waals surface area (Å²) in [4.78, 5) is 20.6. The Hall–Kier alpha value is -2.24. The van der Waals surface area contributed by atoms with E-state index < -0.39 is 10.0 Å². The number of amides is 1. The molecule has 198 valence electrons. The molecule has 1 unspecified atom stereocenters. The Morgan fingerprint density at radius 1 is 1.19 bits per heavy atom. The van der Waals surface area contributed by atoms with Gasteiger partial charge < -0.3 is 9.47 Å². The number of carbonyl (C=O) groups excluding carboxylic acids is 1. The van der Waals surface area contributed by atoms with Gasteiger partial charge in [-0.15, -0.1) is 0 Å². The van der Waals surface area contributed by atoms with Crippen LogP contribution in [0, 0.1) is 12.8 Å². The van der Waals surface area contributed by atoms with E-state index in [2.05, 4.69) is 0 Å². The molecule has 1 atom stereocenters. The van der Waals surface area contributed by atoms with Gasteiger partial charge in [-0.05, 0) is 74.6 Å². The SMILES string of the molecule is COc1ccc(S(=O)(=O)N2CCC(C(=O)N(CC3CCCO3)c3nc4c(C)c(Cl)ccc4s3)CC2)cc1. The molecule has 3 aromatic rings. The monoisotopic (exact) mass is 563 g/mol. The van der Waals surface area contributed by atoms with E-state index in [1.165, 1.54) is 22.8 Å². The number of thiazole rings is 1. The van der Waals surface area contributed by atoms with Crippen molar-refractivity contribution in [2.24, 2.45) is 5.92 Å². The van der Waals surface area contributed by atoms with Gasteiger partial charge in [0.15, 0.2) is 5.13 Å². The predicted molar refractivity (Wildman–Crippen MR) is 145 cm³/mol. The number of hydrogen-bond acceptors (Lipinski definition) is 7. The first-order valence-electron chi connectivity index (χ1n) is 12.4. The van der Waals surface area contributed by atoms with Crippen LogP contribution >= 0.6 is 22.9 Å². The summed E-state index contributed by atoms with van der Waals surface area (Å²) in [6.07, 6.45) is 2.75. The van der Waals surface area contributed by atoms with Gasteiger partial charge in [-0.1, -0.05) is 22.9 Å². The van der Waals surface area contributed by atoms with E-state index in [4.69, 9.17) is 26.1 Å². The second-order valence-electron chi connectivity index (χ2n) is 9.45. The Morgan fingerprint density at radius 3 is 2.57 bits per heavy atom. The summed E-state index contributed by atoms with van der Waals surface area (Å²) in [5, 5.41) is 1.28. The Morgan fingerprint density at radius 2 is 1.92 bits per heavy atom. The van der Waals surface area contributed by atoms with E-state index in [9.17, 15) is 13.2 Å². The molecule has 0 radical (unpaired) electrons. The van der Waals surface area contributed by atoms with Gasteiger partial charge in [0.25, 0.3) is 0 Å². The predicted octanol–water partition coefficient (Wildman–Crippen LogP) is 4.88. The molecule has 2 fully saturated rings. The van der Waals surface area contributed by atoms with Crippen molar-refractivity contribution in [3.63, 3.8) is 0 Å². The molecule has 0 bridgehead atoms. The lowest BCUT2D eigenvalue weighted by molar-refractivity contribution is -0.123. The second kappa shape index (κ2) is 10.9. The number of methoxy groups -OCH3 is 1. The number of ether oxygens (including phenoxy) is 2. The zero-order valence-electron chi connectivity index (χ0n) is 20.9. The van der Waals surface area contributed by atoms with Crippen LogP contribution in [0.3, 0.4) is 0 Å². The molecule has 37 heavy (non-hydrogen) atoms. The Bertz CT molecular complexity index is 1380. The van der Waals surface area contributed by atoms with Crippen molar-refractivity contribution in [1.29, 1.82) is 0 Å². The first-order valence-corrected chi connectivity index (χ1v) is 15.0. The molecule has 0 saturated carbocycles. The highest BCUT2D eigenvalue weighted by Crippen LogP contribution is 2.36. The van der Waals surface area contributed by atoms with Crippen molar-refractivity contribution in [2.75, 3.05) is 38.3 Å². The Kier molecular flexibility index (Phi) is 7.74. The van der Waals surface area contributed by atoms with Gasteiger partial charge in [0.2, 0.25) is 15.9 Å². The van der Waals surface area contributed by atoms with Crippen molar-refractivity contribution >= 4 is 54.2 Å². The van der Waals surface area contributed by atoms with Gasteiger partial charge in [0.1, 0.15) is 5.75 Å². The average Bonchev–Trinajstić information content (AvgIpc) is 3.59. The summed E-state index contributed by atoms with van der Waals surface area (Å²) in [6.45, 7) is 3.64. The molecular formula is C26H30ClN3O5S2. The van der Waals surface area contributed by atoms with E-state index in [-0.39, 0.29) is 35.9 Å². The van der Waals surface area contributed by atoms with Crippen LogP contribution in [0.5, 0.6) is 5.75 Å². The molecule has 11 heteroatoms. The number of hydrogen-bond donors (Lipinski definition) is 0. The fraction of sp³-hybridized carbons (Fsp3) is 0.462. The number of nitrogens with zero attached hydrogens (tertiary/aromatic N) is 3. The number of aromatic nitrogens is 1. The topological polar surface area (TPSA) is 89.0 Å². The molecule has 8 nitrogen and oxygen atoms in total. The van der Waals surface area contributed by atoms with Gasteiger partial charge in [-0.25, -0.2) is 13.4 Å². The largest absolute Gasteiger partial charge is 0.497 e. The highest BCUT2D eigenvalue weighted by Gasteiger charge is 2.36. The number of carbonyl (C=O) groups is 1. The van der Waals surface area contributed by atoms with E-state index >= 15 is 0 Å². The number of piperidine rings is 1. The maximum atomic E-state index is 13.8. The van der Waals surface area contributed by atoms with Crippen LogP contribution in [-0.2, 0) is 19.6 Å². The van der Waals surface area contributed by atoms with Crippen LogP contribution in [-0.4, -0.2) is 63.1 Å². The normalized spacial score (nSPS) is 19.4. The summed E-state index contributed by atoms with van der Waals surface area (Å²) in [5.74, 6) is 0.280. The highest BCUT2D eigenvalue weighted by atomic mass is 35.5. The smallest absolute Gasteiger partial charge is 0.243 e. The van der Waals surface area contributed by atoms with Crippen LogP contribution in [0.25, 0.3) is 10.2 Å². The summed E-state index contributed by atoms with van der Waals surface area (Å²) in [7, 11) is -2.10. The highest BCUT2D eigenvalue weighted by molar-refractivity contribution is 7.89. The lowest BCUT2D eigenvalue weighted by Gasteiger charge is -2.33. The first kappa shape index (κ1) is 26.4. The fourth-order valence-corrected chi connectivity index (χ4v) is 7.58. The maximum Gasteiger partial charge on any atom is 0.243 e. The van der Waals surface area contributed by atoms with Crippen LogP contribution in [0.4, 0.5) is 5.13 Å². The van der Waals surface area contributed by atoms with Crippen LogP contribution in [0.1, 0.15) is 31.2 Å². The quantitative estimate of drug-likeness (QED) is 0.407. The van der Waals surface area contributed by atoms with Gasteiger partial charge in [-0.2, -0.15) is 4.31 Å². The second-order valence-corrected chi connectivity index (χ2v) is 12.8. The van der Waals surface area contributed by atoms with E-state index in [0.717, 1.165) is 28.6 Å². The van der Waals surface area contributed by atoms with E-state index in [1.807, 2.05) is 19.1 Å². The third-order valence-electron chi connectivity index (χ3n) is 7.14. The molecule has 2 aliphatic heterocycles. The van der Waals surface area contributed by atoms with Crippen molar-refractivity contribution in [1.82, 2.24) is 9.29 Å². The molecule has 2 saturated heterocycles. The summed E-state index contributed by atoms with van der Waals surface area (Å²) >= 11 is 7.78. The molecule has 0 N–H and O–H groups in total. The Balaban J connectivity index is 1.34. The molecule has 2 aromatic carbocycles. The number of benzene rings is 2. The van der Waals surface area contributed by atoms with E-state index in [1.54, 1.807) is 29.2 Å². The lowest BCUT2D eigenvalue weighted by Crippen LogP contribution is -2.46. The minimum absolute atomic E-state index is 0.0280. The van der Waals surface area contributed by atoms with Crippen molar-refractivity contribution in [3.05, 3.63) is 47.0 Å². The summed E-state index contributed by atoms with van der Waals surface area (Å²) in [5.41, 5.74) is 1.70. The van der Waals surface area contributed by atoms with Gasteiger partial charge in [0, 0.05) is 30.6 Å². The van der Waals surface area contributed by atoms with Crippen molar-refractivity contribution < 1.29 is 22.7 Å². The van der Waals surface area contributed by atoms with E-state index in [0.29, 0.717) is 41.9 Å². The maximum absolute atomic E-state index is 13.8. The number of halogens is 1. The number of fused-ring (bicyclic) bond motifs is 1. The number of aryl methyl sites for hydroxylation is 1. The molecule has 0 aliphatic carbocycles. The summed E-state index contributed by atoms with van der Waals surface area (Å²) < 4.78 is 39.7. The van der Waals surface area contributed by atoms with Crippen LogP contribution in [0.2, 0.25) is 5.02 Å². The van der Waals surface area contributed by atoms with Gasteiger partial charge in [0.05, 0.1) is 34.9 Å². The fourth-order valence-electron chi connectivity index (χ4n) is 4.92. The van der Waals surface area contributed by atoms with Gasteiger partial charge >= 0.3 is 0 Å². The lowest BCUT2D eigenvalue weighted by atomic mass is 9.96. The number of anilines is 1. The molecular weight excluding hydrogens is 534 g/mol. The molecule has 1 aromatic heterocycles. The molecule has 3 heterocycles. The minimum atomic E-state index is -3.64. The third-order valence-corrected chi connectivity index (χ3v) is 10.5. The third kappa shape index (κ3) is 5.35. The molecule has 2 aliphatic rings. The molecule has 1 amide bonds. The van der Waals surface area contributed by atoms with Crippen molar-refractivity contribution in [3.8, 4) is 5.75 Å².